The van der Waals surface area contributed by atoms with Gasteiger partial charge in [-0.25, -0.2) is 0 Å². The Hall–Kier alpha value is -2.42. The summed E-state index contributed by atoms with van der Waals surface area (Å²) in [6.45, 7) is 4.71. The molecule has 0 atom stereocenters. The predicted octanol–water partition coefficient (Wildman–Crippen LogP) is 4.83. The van der Waals surface area contributed by atoms with Crippen LogP contribution in [-0.4, -0.2) is 6.10 Å². The number of hydrogen-bond donors (Lipinski definition) is 1. The number of rotatable bonds is 5. The van der Waals surface area contributed by atoms with Gasteiger partial charge in [0.25, 0.3) is 0 Å². The molecule has 0 aliphatic heterocycles. The van der Waals surface area contributed by atoms with Crippen LogP contribution in [0.1, 0.15) is 19.6 Å². The van der Waals surface area contributed by atoms with Crippen molar-refractivity contribution in [3.05, 3.63) is 60.4 Å². The molecule has 1 aromatic heterocycles. The summed E-state index contributed by atoms with van der Waals surface area (Å²) in [7, 11) is 0. The van der Waals surface area contributed by atoms with E-state index in [-0.39, 0.29) is 6.10 Å². The third-order valence-corrected chi connectivity index (χ3v) is 3.17. The molecule has 3 heteroatoms. The lowest BCUT2D eigenvalue weighted by molar-refractivity contribution is 0.242. The minimum absolute atomic E-state index is 0.194. The Morgan fingerprint density at radius 2 is 1.81 bits per heavy atom. The molecule has 1 N–H and O–H groups in total. The lowest BCUT2D eigenvalue weighted by Crippen LogP contribution is -2.05. The lowest BCUT2D eigenvalue weighted by Gasteiger charge is -2.10. The van der Waals surface area contributed by atoms with Crippen LogP contribution in [0.2, 0.25) is 0 Å². The molecule has 0 spiro atoms. The van der Waals surface area contributed by atoms with Crippen molar-refractivity contribution < 1.29 is 9.15 Å². The summed E-state index contributed by atoms with van der Waals surface area (Å²) in [5, 5.41) is 4.49. The molecule has 0 fully saturated rings. The van der Waals surface area contributed by atoms with Gasteiger partial charge in [-0.1, -0.05) is 18.2 Å². The van der Waals surface area contributed by atoms with Crippen LogP contribution in [0.15, 0.2) is 59.0 Å². The maximum atomic E-state index is 5.78. The van der Waals surface area contributed by atoms with Crippen molar-refractivity contribution in [2.24, 2.45) is 0 Å². The highest BCUT2D eigenvalue weighted by Crippen LogP contribution is 2.21. The molecule has 3 rings (SSSR count). The van der Waals surface area contributed by atoms with Crippen LogP contribution in [0.4, 0.5) is 5.69 Å². The second-order valence-electron chi connectivity index (χ2n) is 5.30. The standard InChI is InChI=1S/C18H19NO2/c1-13(2)20-16-9-7-15(8-10-16)19-12-17-11-14-5-3-4-6-18(14)21-17/h3-11,13,19H,12H2,1-2H3. The van der Waals surface area contributed by atoms with Crippen molar-refractivity contribution in [1.82, 2.24) is 0 Å². The van der Waals surface area contributed by atoms with E-state index >= 15 is 0 Å². The van der Waals surface area contributed by atoms with E-state index in [0.717, 1.165) is 28.2 Å². The topological polar surface area (TPSA) is 34.4 Å². The van der Waals surface area contributed by atoms with Gasteiger partial charge >= 0.3 is 0 Å². The van der Waals surface area contributed by atoms with E-state index in [4.69, 9.17) is 9.15 Å². The summed E-state index contributed by atoms with van der Waals surface area (Å²) < 4.78 is 11.4. The Morgan fingerprint density at radius 1 is 1.05 bits per heavy atom. The maximum absolute atomic E-state index is 5.78. The van der Waals surface area contributed by atoms with Crippen molar-refractivity contribution in [2.45, 2.75) is 26.5 Å². The van der Waals surface area contributed by atoms with E-state index in [0.29, 0.717) is 6.54 Å². The first-order valence-electron chi connectivity index (χ1n) is 7.19. The van der Waals surface area contributed by atoms with Crippen molar-refractivity contribution in [3.8, 4) is 5.75 Å². The van der Waals surface area contributed by atoms with E-state index < -0.39 is 0 Å². The molecular formula is C18H19NO2. The molecule has 0 amide bonds. The Labute approximate surface area is 124 Å². The average Bonchev–Trinajstić information content (AvgIpc) is 2.89. The molecule has 3 aromatic rings. The first kappa shape index (κ1) is 13.6. The van der Waals surface area contributed by atoms with Crippen LogP contribution in [0.3, 0.4) is 0 Å². The Morgan fingerprint density at radius 3 is 2.52 bits per heavy atom. The largest absolute Gasteiger partial charge is 0.491 e. The van der Waals surface area contributed by atoms with Gasteiger partial charge in [0.2, 0.25) is 0 Å². The molecule has 0 saturated heterocycles. The summed E-state index contributed by atoms with van der Waals surface area (Å²) in [5.74, 6) is 1.82. The van der Waals surface area contributed by atoms with E-state index in [1.54, 1.807) is 0 Å². The Bertz CT molecular complexity index is 680. The number of nitrogens with one attached hydrogen (secondary N) is 1. The first-order valence-corrected chi connectivity index (χ1v) is 7.19. The van der Waals surface area contributed by atoms with Gasteiger partial charge in [0.05, 0.1) is 12.6 Å². The molecule has 2 aromatic carbocycles. The Balaban J connectivity index is 1.64. The van der Waals surface area contributed by atoms with E-state index in [2.05, 4.69) is 17.4 Å². The van der Waals surface area contributed by atoms with Crippen LogP contribution in [0.25, 0.3) is 11.0 Å². The summed E-state index contributed by atoms with van der Waals surface area (Å²) in [6, 6.07) is 18.1. The normalized spacial score (nSPS) is 11.0. The van der Waals surface area contributed by atoms with Gasteiger partial charge in [0, 0.05) is 11.1 Å². The molecule has 21 heavy (non-hydrogen) atoms. The van der Waals surface area contributed by atoms with Crippen LogP contribution in [0.5, 0.6) is 5.75 Å². The van der Waals surface area contributed by atoms with Crippen LogP contribution in [-0.2, 0) is 6.54 Å². The zero-order valence-electron chi connectivity index (χ0n) is 12.3. The summed E-state index contributed by atoms with van der Waals surface area (Å²) in [4.78, 5) is 0. The van der Waals surface area contributed by atoms with Crippen molar-refractivity contribution in [1.29, 1.82) is 0 Å². The summed E-state index contributed by atoms with van der Waals surface area (Å²) in [5.41, 5.74) is 1.97. The lowest BCUT2D eigenvalue weighted by atomic mass is 10.2. The molecular weight excluding hydrogens is 262 g/mol. The molecule has 3 nitrogen and oxygen atoms in total. The van der Waals surface area contributed by atoms with Gasteiger partial charge in [-0.2, -0.15) is 0 Å². The first-order chi connectivity index (χ1) is 10.2. The third-order valence-electron chi connectivity index (χ3n) is 3.17. The van der Waals surface area contributed by atoms with Crippen molar-refractivity contribution in [2.75, 3.05) is 5.32 Å². The molecule has 0 aliphatic rings. The van der Waals surface area contributed by atoms with Crippen LogP contribution in [0, 0.1) is 0 Å². The van der Waals surface area contributed by atoms with Crippen LogP contribution >= 0.6 is 0 Å². The van der Waals surface area contributed by atoms with Gasteiger partial charge in [-0.15, -0.1) is 0 Å². The summed E-state index contributed by atoms with van der Waals surface area (Å²) >= 11 is 0. The quantitative estimate of drug-likeness (QED) is 0.727. The fourth-order valence-corrected chi connectivity index (χ4v) is 2.24. The number of ether oxygens (including phenoxy) is 1. The maximum Gasteiger partial charge on any atom is 0.134 e. The SMILES string of the molecule is CC(C)Oc1ccc(NCc2cc3ccccc3o2)cc1. The van der Waals surface area contributed by atoms with E-state index in [1.165, 1.54) is 0 Å². The van der Waals surface area contributed by atoms with Gasteiger partial charge in [-0.3, -0.25) is 0 Å². The van der Waals surface area contributed by atoms with E-state index in [9.17, 15) is 0 Å². The summed E-state index contributed by atoms with van der Waals surface area (Å²) in [6.07, 6.45) is 0.194. The number of furan rings is 1. The number of para-hydroxylation sites is 1. The second-order valence-corrected chi connectivity index (χ2v) is 5.30. The van der Waals surface area contributed by atoms with Gasteiger partial charge in [0.15, 0.2) is 0 Å². The fourth-order valence-electron chi connectivity index (χ4n) is 2.24. The molecule has 0 saturated carbocycles. The van der Waals surface area contributed by atoms with Gasteiger partial charge < -0.3 is 14.5 Å². The molecule has 1 heterocycles. The smallest absolute Gasteiger partial charge is 0.134 e. The highest BCUT2D eigenvalue weighted by Gasteiger charge is 2.03. The number of fused-ring (bicyclic) bond motifs is 1. The molecule has 0 bridgehead atoms. The second kappa shape index (κ2) is 5.92. The molecule has 108 valence electrons. The van der Waals surface area contributed by atoms with Crippen LogP contribution < -0.4 is 10.1 Å². The third kappa shape index (κ3) is 3.37. The number of hydrogen-bond acceptors (Lipinski definition) is 3. The van der Waals surface area contributed by atoms with Gasteiger partial charge in [0.1, 0.15) is 17.1 Å². The fraction of sp³-hybridized carbons (Fsp3) is 0.222. The highest BCUT2D eigenvalue weighted by molar-refractivity contribution is 5.77. The zero-order chi connectivity index (χ0) is 14.7. The van der Waals surface area contributed by atoms with Crippen molar-refractivity contribution >= 4 is 16.7 Å². The molecule has 0 radical (unpaired) electrons. The van der Waals surface area contributed by atoms with E-state index in [1.807, 2.05) is 56.3 Å². The Kier molecular flexibility index (Phi) is 3.82. The average molecular weight is 281 g/mol. The molecule has 0 unspecified atom stereocenters. The van der Waals surface area contributed by atoms with Crippen molar-refractivity contribution in [3.63, 3.8) is 0 Å². The number of anilines is 1. The minimum Gasteiger partial charge on any atom is -0.491 e. The molecule has 0 aliphatic carbocycles. The zero-order valence-corrected chi connectivity index (χ0v) is 12.3. The minimum atomic E-state index is 0.194. The highest BCUT2D eigenvalue weighted by atomic mass is 16.5. The predicted molar refractivity (Wildman–Crippen MR) is 85.7 cm³/mol. The monoisotopic (exact) mass is 281 g/mol. The number of benzene rings is 2. The van der Waals surface area contributed by atoms with Gasteiger partial charge in [-0.05, 0) is 50.2 Å².